The van der Waals surface area contributed by atoms with Gasteiger partial charge in [-0.15, -0.1) is 9.89 Å². The van der Waals surface area contributed by atoms with Crippen LogP contribution in [0.15, 0.2) is 58.4 Å². The zero-order valence-corrected chi connectivity index (χ0v) is 14.1. The van der Waals surface area contributed by atoms with Crippen LogP contribution in [0.1, 0.15) is 21.6 Å². The SMILES string of the molecule is O=C(NCc1ccccc1F)c1n[nH]n(N=Cc2ccc(Cl)cc2)c1=O. The number of aromatic nitrogens is 3. The van der Waals surface area contributed by atoms with Gasteiger partial charge in [0.2, 0.25) is 5.69 Å². The molecule has 3 rings (SSSR count). The zero-order chi connectivity index (χ0) is 18.5. The molecule has 0 aliphatic carbocycles. The quantitative estimate of drug-likeness (QED) is 0.671. The monoisotopic (exact) mass is 373 g/mol. The molecule has 2 N–H and O–H groups in total. The molecule has 26 heavy (non-hydrogen) atoms. The molecule has 2 aromatic carbocycles. The number of halogens is 2. The maximum Gasteiger partial charge on any atom is 0.320 e. The van der Waals surface area contributed by atoms with Crippen molar-refractivity contribution in [1.82, 2.24) is 20.4 Å². The summed E-state index contributed by atoms with van der Waals surface area (Å²) in [5.74, 6) is -1.17. The van der Waals surface area contributed by atoms with Gasteiger partial charge in [-0.25, -0.2) is 4.39 Å². The molecule has 0 aliphatic heterocycles. The molecule has 0 fully saturated rings. The minimum absolute atomic E-state index is 0.0636. The van der Waals surface area contributed by atoms with E-state index in [1.54, 1.807) is 36.4 Å². The summed E-state index contributed by atoms with van der Waals surface area (Å²) in [6.45, 7) is -0.0636. The van der Waals surface area contributed by atoms with Crippen molar-refractivity contribution in [2.24, 2.45) is 5.10 Å². The van der Waals surface area contributed by atoms with Crippen molar-refractivity contribution in [3.8, 4) is 0 Å². The normalized spacial score (nSPS) is 11.0. The number of aromatic amines is 1. The molecule has 1 aromatic heterocycles. The fourth-order valence-electron chi connectivity index (χ4n) is 2.09. The number of nitrogens with zero attached hydrogens (tertiary/aromatic N) is 3. The molecule has 0 bridgehead atoms. The van der Waals surface area contributed by atoms with E-state index in [2.05, 4.69) is 20.7 Å². The van der Waals surface area contributed by atoms with Gasteiger partial charge in [0.15, 0.2) is 0 Å². The molecule has 7 nitrogen and oxygen atoms in total. The highest BCUT2D eigenvalue weighted by Gasteiger charge is 2.16. The van der Waals surface area contributed by atoms with Crippen LogP contribution < -0.4 is 10.9 Å². The Morgan fingerprint density at radius 2 is 2.00 bits per heavy atom. The van der Waals surface area contributed by atoms with Crippen LogP contribution in [0.25, 0.3) is 0 Å². The van der Waals surface area contributed by atoms with Crippen molar-refractivity contribution in [3.63, 3.8) is 0 Å². The molecule has 0 spiro atoms. The molecular formula is C17H13ClFN5O2. The van der Waals surface area contributed by atoms with Crippen LogP contribution in [-0.2, 0) is 6.54 Å². The van der Waals surface area contributed by atoms with Gasteiger partial charge in [0.1, 0.15) is 5.82 Å². The van der Waals surface area contributed by atoms with Gasteiger partial charge < -0.3 is 5.32 Å². The zero-order valence-electron chi connectivity index (χ0n) is 13.3. The van der Waals surface area contributed by atoms with Gasteiger partial charge in [-0.2, -0.15) is 10.3 Å². The predicted octanol–water partition coefficient (Wildman–Crippen LogP) is 2.18. The van der Waals surface area contributed by atoms with E-state index in [4.69, 9.17) is 11.6 Å². The Morgan fingerprint density at radius 3 is 2.73 bits per heavy atom. The van der Waals surface area contributed by atoms with Crippen LogP contribution in [0.3, 0.4) is 0 Å². The van der Waals surface area contributed by atoms with Crippen molar-refractivity contribution in [1.29, 1.82) is 0 Å². The van der Waals surface area contributed by atoms with Gasteiger partial charge in [0, 0.05) is 17.1 Å². The maximum atomic E-state index is 13.5. The van der Waals surface area contributed by atoms with E-state index in [-0.39, 0.29) is 12.2 Å². The first-order chi connectivity index (χ1) is 12.5. The van der Waals surface area contributed by atoms with E-state index in [9.17, 15) is 14.0 Å². The Hall–Kier alpha value is -3.26. The van der Waals surface area contributed by atoms with E-state index in [0.717, 1.165) is 4.79 Å². The van der Waals surface area contributed by atoms with Gasteiger partial charge in [0.25, 0.3) is 5.91 Å². The van der Waals surface area contributed by atoms with Crippen molar-refractivity contribution in [3.05, 3.63) is 86.5 Å². The number of amides is 1. The Morgan fingerprint density at radius 1 is 1.27 bits per heavy atom. The number of carbonyl (C=O) groups excluding carboxylic acids is 1. The van der Waals surface area contributed by atoms with Gasteiger partial charge in [-0.3, -0.25) is 9.59 Å². The topological polar surface area (TPSA) is 92.1 Å². The second kappa shape index (κ2) is 7.75. The van der Waals surface area contributed by atoms with Gasteiger partial charge in [0.05, 0.1) is 6.21 Å². The van der Waals surface area contributed by atoms with E-state index in [1.807, 2.05) is 0 Å². The van der Waals surface area contributed by atoms with Crippen molar-refractivity contribution < 1.29 is 9.18 Å². The minimum atomic E-state index is -0.727. The molecular weight excluding hydrogens is 361 g/mol. The summed E-state index contributed by atoms with van der Waals surface area (Å²) in [4.78, 5) is 25.1. The Bertz CT molecular complexity index is 1010. The second-order valence-corrected chi connectivity index (χ2v) is 5.68. The number of nitrogens with one attached hydrogen (secondary N) is 2. The lowest BCUT2D eigenvalue weighted by Gasteiger charge is -2.03. The van der Waals surface area contributed by atoms with E-state index >= 15 is 0 Å². The van der Waals surface area contributed by atoms with Crippen molar-refractivity contribution >= 4 is 23.7 Å². The number of hydrogen-bond acceptors (Lipinski definition) is 4. The number of benzene rings is 2. The third-order valence-electron chi connectivity index (χ3n) is 3.46. The first kappa shape index (κ1) is 17.6. The molecule has 132 valence electrons. The standard InChI is InChI=1S/C17H13ClFN5O2/c18-13-7-5-11(6-8-13)9-21-24-17(26)15(22-23-24)16(25)20-10-12-3-1-2-4-14(12)19/h1-9,23H,10H2,(H,20,25). The lowest BCUT2D eigenvalue weighted by Crippen LogP contribution is -2.29. The molecule has 9 heteroatoms. The van der Waals surface area contributed by atoms with Gasteiger partial charge in [-0.1, -0.05) is 41.9 Å². The first-order valence-corrected chi connectivity index (χ1v) is 7.91. The fraction of sp³-hybridized carbons (Fsp3) is 0.0588. The van der Waals surface area contributed by atoms with Crippen molar-refractivity contribution in [2.75, 3.05) is 0 Å². The third kappa shape index (κ3) is 4.04. The van der Waals surface area contributed by atoms with E-state index in [1.165, 1.54) is 18.3 Å². The number of H-pyrrole nitrogens is 1. The summed E-state index contributed by atoms with van der Waals surface area (Å²) in [6.07, 6.45) is 1.41. The van der Waals surface area contributed by atoms with Crippen LogP contribution >= 0.6 is 11.6 Å². The van der Waals surface area contributed by atoms with Crippen LogP contribution in [0.4, 0.5) is 4.39 Å². The average Bonchev–Trinajstić information content (AvgIpc) is 3.01. The highest BCUT2D eigenvalue weighted by molar-refractivity contribution is 6.30. The summed E-state index contributed by atoms with van der Waals surface area (Å²) < 4.78 is 13.5. The number of rotatable bonds is 5. The summed E-state index contributed by atoms with van der Waals surface area (Å²) in [5, 5.41) is 12.9. The second-order valence-electron chi connectivity index (χ2n) is 5.25. The third-order valence-corrected chi connectivity index (χ3v) is 3.71. The van der Waals surface area contributed by atoms with Gasteiger partial charge >= 0.3 is 5.56 Å². The number of hydrogen-bond donors (Lipinski definition) is 2. The number of carbonyl (C=O) groups is 1. The molecule has 0 unspecified atom stereocenters. The molecule has 1 amide bonds. The Kier molecular flexibility index (Phi) is 5.23. The highest BCUT2D eigenvalue weighted by atomic mass is 35.5. The van der Waals surface area contributed by atoms with E-state index in [0.29, 0.717) is 16.1 Å². The van der Waals surface area contributed by atoms with Crippen LogP contribution in [0, 0.1) is 5.82 Å². The summed E-state index contributed by atoms with van der Waals surface area (Å²) >= 11 is 5.79. The lowest BCUT2D eigenvalue weighted by molar-refractivity contribution is 0.0944. The van der Waals surface area contributed by atoms with Crippen molar-refractivity contribution in [2.45, 2.75) is 6.54 Å². The fourth-order valence-corrected chi connectivity index (χ4v) is 2.22. The molecule has 0 saturated carbocycles. The molecule has 1 heterocycles. The molecule has 3 aromatic rings. The van der Waals surface area contributed by atoms with Crippen LogP contribution in [0.5, 0.6) is 0 Å². The summed E-state index contributed by atoms with van der Waals surface area (Å²) in [6, 6.07) is 12.8. The van der Waals surface area contributed by atoms with Crippen LogP contribution in [0.2, 0.25) is 5.02 Å². The minimum Gasteiger partial charge on any atom is -0.346 e. The first-order valence-electron chi connectivity index (χ1n) is 7.53. The predicted molar refractivity (Wildman–Crippen MR) is 94.9 cm³/mol. The lowest BCUT2D eigenvalue weighted by atomic mass is 10.2. The molecule has 0 saturated heterocycles. The summed E-state index contributed by atoms with van der Waals surface area (Å²) in [5.41, 5.74) is -0.0743. The molecule has 0 radical (unpaired) electrons. The smallest absolute Gasteiger partial charge is 0.320 e. The largest absolute Gasteiger partial charge is 0.346 e. The Labute approximate surface area is 152 Å². The maximum absolute atomic E-state index is 13.5. The average molecular weight is 374 g/mol. The van der Waals surface area contributed by atoms with Crippen LogP contribution in [-0.4, -0.2) is 27.2 Å². The molecule has 0 aliphatic rings. The Balaban J connectivity index is 1.70. The highest BCUT2D eigenvalue weighted by Crippen LogP contribution is 2.08. The van der Waals surface area contributed by atoms with Gasteiger partial charge in [-0.05, 0) is 23.8 Å². The summed E-state index contributed by atoms with van der Waals surface area (Å²) in [7, 11) is 0. The molecule has 0 atom stereocenters. The van der Waals surface area contributed by atoms with E-state index < -0.39 is 17.3 Å².